The predicted octanol–water partition coefficient (Wildman–Crippen LogP) is 3.06. The van der Waals surface area contributed by atoms with Crippen molar-refractivity contribution in [2.24, 2.45) is 5.92 Å². The van der Waals surface area contributed by atoms with E-state index in [1.165, 1.54) is 4.90 Å². The molecule has 1 N–H and O–H groups in total. The van der Waals surface area contributed by atoms with E-state index in [0.29, 0.717) is 6.54 Å². The topological polar surface area (TPSA) is 66.8 Å². The number of amides is 1. The summed E-state index contributed by atoms with van der Waals surface area (Å²) in [5.41, 5.74) is 1.66. The predicted molar refractivity (Wildman–Crippen MR) is 82.3 cm³/mol. The molecule has 0 radical (unpaired) electrons. The van der Waals surface area contributed by atoms with Crippen LogP contribution in [0.2, 0.25) is 0 Å². The molecule has 0 aromatic heterocycles. The zero-order valence-electron chi connectivity index (χ0n) is 12.7. The minimum Gasteiger partial charge on any atom is -0.480 e. The molecule has 1 fully saturated rings. The number of benzene rings is 1. The van der Waals surface area contributed by atoms with Crippen LogP contribution in [0, 0.1) is 5.92 Å². The lowest BCUT2D eigenvalue weighted by Gasteiger charge is -2.38. The smallest absolute Gasteiger partial charge is 0.410 e. The molecule has 1 aliphatic heterocycles. The molecule has 1 aliphatic rings. The lowest BCUT2D eigenvalue weighted by molar-refractivity contribution is -0.145. The summed E-state index contributed by atoms with van der Waals surface area (Å²) in [4.78, 5) is 25.1. The third-order valence-corrected chi connectivity index (χ3v) is 3.96. The van der Waals surface area contributed by atoms with Gasteiger partial charge in [-0.2, -0.15) is 0 Å². The van der Waals surface area contributed by atoms with E-state index in [1.807, 2.05) is 30.3 Å². The molecule has 1 aromatic rings. The molecule has 5 heteroatoms. The van der Waals surface area contributed by atoms with Gasteiger partial charge < -0.3 is 9.84 Å². The Hall–Kier alpha value is -2.30. The zero-order valence-corrected chi connectivity index (χ0v) is 12.7. The summed E-state index contributed by atoms with van der Waals surface area (Å²) in [7, 11) is 0. The molecule has 0 spiro atoms. The molecule has 0 saturated carbocycles. The van der Waals surface area contributed by atoms with Crippen LogP contribution >= 0.6 is 0 Å². The Bertz CT molecular complexity index is 555. The average molecular weight is 303 g/mol. The molecular weight excluding hydrogens is 282 g/mol. The first-order valence-corrected chi connectivity index (χ1v) is 7.36. The van der Waals surface area contributed by atoms with Crippen LogP contribution in [0.4, 0.5) is 4.79 Å². The van der Waals surface area contributed by atoms with Gasteiger partial charge in [0.2, 0.25) is 0 Å². The highest BCUT2D eigenvalue weighted by Gasteiger charge is 2.40. The van der Waals surface area contributed by atoms with Crippen LogP contribution in [-0.4, -0.2) is 34.7 Å². The van der Waals surface area contributed by atoms with Crippen molar-refractivity contribution in [1.29, 1.82) is 0 Å². The third-order valence-electron chi connectivity index (χ3n) is 3.96. The Balaban J connectivity index is 2.06. The van der Waals surface area contributed by atoms with E-state index in [9.17, 15) is 14.7 Å². The Morgan fingerprint density at radius 2 is 2.05 bits per heavy atom. The Kier molecular flexibility index (Phi) is 5.20. The maximum absolute atomic E-state index is 12.3. The average Bonchev–Trinajstić information content (AvgIpc) is 2.52. The lowest BCUT2D eigenvalue weighted by atomic mass is 9.84. The van der Waals surface area contributed by atoms with Gasteiger partial charge in [0.25, 0.3) is 0 Å². The summed E-state index contributed by atoms with van der Waals surface area (Å²) < 4.78 is 5.27. The van der Waals surface area contributed by atoms with Crippen LogP contribution in [-0.2, 0) is 16.1 Å². The minimum absolute atomic E-state index is 0.139. The number of carbonyl (C=O) groups excluding carboxylic acids is 1. The molecule has 118 valence electrons. The van der Waals surface area contributed by atoms with E-state index in [1.54, 1.807) is 6.92 Å². The van der Waals surface area contributed by atoms with Crippen molar-refractivity contribution in [3.05, 3.63) is 48.0 Å². The van der Waals surface area contributed by atoms with Gasteiger partial charge in [-0.15, -0.1) is 0 Å². The largest absolute Gasteiger partial charge is 0.480 e. The van der Waals surface area contributed by atoms with E-state index in [4.69, 9.17) is 4.74 Å². The first kappa shape index (κ1) is 16.1. The second-order valence-electron chi connectivity index (χ2n) is 5.61. The number of ether oxygens (including phenoxy) is 1. The van der Waals surface area contributed by atoms with Crippen molar-refractivity contribution >= 4 is 12.1 Å². The second kappa shape index (κ2) is 7.11. The molecule has 2 rings (SSSR count). The first-order chi connectivity index (χ1) is 10.5. The summed E-state index contributed by atoms with van der Waals surface area (Å²) in [6.07, 6.45) is 0.901. The molecule has 1 saturated heterocycles. The van der Waals surface area contributed by atoms with Crippen molar-refractivity contribution in [1.82, 2.24) is 4.90 Å². The van der Waals surface area contributed by atoms with E-state index < -0.39 is 18.1 Å². The molecule has 2 unspecified atom stereocenters. The number of carboxylic acid groups (broad SMARTS) is 1. The number of hydrogen-bond donors (Lipinski definition) is 1. The summed E-state index contributed by atoms with van der Waals surface area (Å²) in [6, 6.07) is 8.43. The standard InChI is InChI=1S/C17H21NO4/c1-12(2)14-9-6-10-18(15(14)16(19)20)17(21)22-11-13-7-4-3-5-8-13/h3-5,7-8,14-15H,1,6,9-11H2,2H3,(H,19,20). The molecule has 5 nitrogen and oxygen atoms in total. The van der Waals surface area contributed by atoms with Crippen LogP contribution in [0.3, 0.4) is 0 Å². The highest BCUT2D eigenvalue weighted by molar-refractivity contribution is 5.81. The van der Waals surface area contributed by atoms with Gasteiger partial charge in [-0.05, 0) is 25.3 Å². The van der Waals surface area contributed by atoms with E-state index in [2.05, 4.69) is 6.58 Å². The van der Waals surface area contributed by atoms with Gasteiger partial charge >= 0.3 is 12.1 Å². The molecule has 1 aromatic carbocycles. The molecule has 22 heavy (non-hydrogen) atoms. The molecule has 2 atom stereocenters. The van der Waals surface area contributed by atoms with Crippen molar-refractivity contribution in [2.75, 3.05) is 6.54 Å². The van der Waals surface area contributed by atoms with Crippen LogP contribution in [0.5, 0.6) is 0 Å². The number of hydrogen-bond acceptors (Lipinski definition) is 3. The van der Waals surface area contributed by atoms with Gasteiger partial charge in [-0.25, -0.2) is 9.59 Å². The molecule has 1 heterocycles. The fourth-order valence-corrected chi connectivity index (χ4v) is 2.82. The van der Waals surface area contributed by atoms with Gasteiger partial charge in [0, 0.05) is 12.5 Å². The summed E-state index contributed by atoms with van der Waals surface area (Å²) in [5, 5.41) is 9.47. The molecule has 1 amide bonds. The number of rotatable bonds is 4. The van der Waals surface area contributed by atoms with Crippen molar-refractivity contribution in [2.45, 2.75) is 32.4 Å². The van der Waals surface area contributed by atoms with Crippen LogP contribution in [0.25, 0.3) is 0 Å². The van der Waals surface area contributed by atoms with Crippen molar-refractivity contribution < 1.29 is 19.4 Å². The monoisotopic (exact) mass is 303 g/mol. The van der Waals surface area contributed by atoms with Crippen molar-refractivity contribution in [3.63, 3.8) is 0 Å². The van der Waals surface area contributed by atoms with Crippen LogP contribution in [0.15, 0.2) is 42.5 Å². The van der Waals surface area contributed by atoms with E-state index >= 15 is 0 Å². The Labute approximate surface area is 130 Å². The Morgan fingerprint density at radius 1 is 1.36 bits per heavy atom. The molecule has 0 aliphatic carbocycles. The lowest BCUT2D eigenvalue weighted by Crippen LogP contribution is -2.53. The number of aliphatic carboxylic acids is 1. The second-order valence-corrected chi connectivity index (χ2v) is 5.61. The van der Waals surface area contributed by atoms with Crippen molar-refractivity contribution in [3.8, 4) is 0 Å². The van der Waals surface area contributed by atoms with Gasteiger partial charge in [0.05, 0.1) is 0 Å². The summed E-state index contributed by atoms with van der Waals surface area (Å²) in [6.45, 7) is 6.20. The Morgan fingerprint density at radius 3 is 2.64 bits per heavy atom. The quantitative estimate of drug-likeness (QED) is 0.868. The summed E-state index contributed by atoms with van der Waals surface area (Å²) in [5.74, 6) is -1.24. The fraction of sp³-hybridized carbons (Fsp3) is 0.412. The maximum Gasteiger partial charge on any atom is 0.410 e. The SMILES string of the molecule is C=C(C)C1CCCN(C(=O)OCc2ccccc2)C1C(=O)O. The van der Waals surface area contributed by atoms with Gasteiger partial charge in [-0.3, -0.25) is 4.90 Å². The fourth-order valence-electron chi connectivity index (χ4n) is 2.82. The van der Waals surface area contributed by atoms with Gasteiger partial charge in [0.15, 0.2) is 0 Å². The highest BCUT2D eigenvalue weighted by Crippen LogP contribution is 2.29. The number of carbonyl (C=O) groups is 2. The number of piperidine rings is 1. The van der Waals surface area contributed by atoms with Crippen LogP contribution in [0.1, 0.15) is 25.3 Å². The molecule has 0 bridgehead atoms. The number of nitrogens with zero attached hydrogens (tertiary/aromatic N) is 1. The zero-order chi connectivity index (χ0) is 16.1. The summed E-state index contributed by atoms with van der Waals surface area (Å²) >= 11 is 0. The maximum atomic E-state index is 12.3. The number of carboxylic acids is 1. The van der Waals surface area contributed by atoms with Gasteiger partial charge in [0.1, 0.15) is 12.6 Å². The minimum atomic E-state index is -1.01. The van der Waals surface area contributed by atoms with E-state index in [0.717, 1.165) is 24.0 Å². The third kappa shape index (κ3) is 3.67. The number of likely N-dealkylation sites (tertiary alicyclic amines) is 1. The normalized spacial score (nSPS) is 21.2. The van der Waals surface area contributed by atoms with E-state index in [-0.39, 0.29) is 12.5 Å². The van der Waals surface area contributed by atoms with Crippen LogP contribution < -0.4 is 0 Å². The highest BCUT2D eigenvalue weighted by atomic mass is 16.6. The van der Waals surface area contributed by atoms with Gasteiger partial charge in [-0.1, -0.05) is 42.5 Å². The molecular formula is C17H21NO4. The first-order valence-electron chi connectivity index (χ1n) is 7.36.